The van der Waals surface area contributed by atoms with E-state index in [2.05, 4.69) is 0 Å². The van der Waals surface area contributed by atoms with Crippen molar-refractivity contribution in [3.8, 4) is 11.6 Å². The maximum Gasteiger partial charge on any atom is 0.427 e. The zero-order chi connectivity index (χ0) is 21.3. The Balaban J connectivity index is 2.23. The van der Waals surface area contributed by atoms with Gasteiger partial charge in [-0.05, 0) is 24.3 Å². The number of carbonyl (C=O) groups excluding carboxylic acids is 2. The van der Waals surface area contributed by atoms with Crippen molar-refractivity contribution in [2.45, 2.75) is 13.1 Å². The van der Waals surface area contributed by atoms with E-state index in [4.69, 9.17) is 9.25 Å². The number of hydrogen-bond acceptors (Lipinski definition) is 5. The van der Waals surface area contributed by atoms with E-state index in [0.717, 1.165) is 14.0 Å². The van der Waals surface area contributed by atoms with Gasteiger partial charge in [0, 0.05) is 14.0 Å². The summed E-state index contributed by atoms with van der Waals surface area (Å²) in [6, 6.07) is 10.0. The largest absolute Gasteiger partial charge is 0.459 e. The molecule has 2 aromatic heterocycles. The minimum atomic E-state index is -5.15. The molecule has 0 atom stereocenters. The number of rotatable bonds is 4. The van der Waals surface area contributed by atoms with Gasteiger partial charge in [-0.1, -0.05) is 18.2 Å². The Kier molecular flexibility index (Phi) is 5.06. The SMILES string of the molecule is CC(=O)n1c(=O)c(C(F)(F)F)c(ON(C)C(=O)c2ccco2)n1-c1ccccc1. The third-order valence-corrected chi connectivity index (χ3v) is 3.84. The van der Waals surface area contributed by atoms with Gasteiger partial charge in [0.1, 0.15) is 0 Å². The summed E-state index contributed by atoms with van der Waals surface area (Å²) >= 11 is 0. The third kappa shape index (κ3) is 3.66. The first kappa shape index (κ1) is 20.0. The van der Waals surface area contributed by atoms with Crippen molar-refractivity contribution in [3.05, 3.63) is 70.4 Å². The molecule has 0 aliphatic heterocycles. The standard InChI is InChI=1S/C18H14F3N3O5/c1-11(25)23-16(27)14(18(19,20)21)17(24(23)12-7-4-3-5-8-12)29-22(2)15(26)13-9-6-10-28-13/h3-10H,1-2H3. The first-order valence-electron chi connectivity index (χ1n) is 8.14. The highest BCUT2D eigenvalue weighted by atomic mass is 19.4. The number of benzene rings is 1. The van der Waals surface area contributed by atoms with Crippen LogP contribution < -0.4 is 10.4 Å². The van der Waals surface area contributed by atoms with E-state index in [1.807, 2.05) is 0 Å². The minimum absolute atomic E-state index is 0.0455. The van der Waals surface area contributed by atoms with Gasteiger partial charge in [-0.2, -0.15) is 22.9 Å². The molecule has 1 amide bonds. The van der Waals surface area contributed by atoms with Gasteiger partial charge in [-0.3, -0.25) is 14.4 Å². The normalized spacial score (nSPS) is 11.3. The molecular formula is C18H14F3N3O5. The molecule has 2 heterocycles. The second-order valence-electron chi connectivity index (χ2n) is 5.83. The van der Waals surface area contributed by atoms with Gasteiger partial charge in [0.25, 0.3) is 11.4 Å². The Morgan fingerprint density at radius 3 is 2.28 bits per heavy atom. The van der Waals surface area contributed by atoms with E-state index in [1.165, 1.54) is 42.7 Å². The molecule has 0 aliphatic carbocycles. The highest BCUT2D eigenvalue weighted by Gasteiger charge is 2.44. The lowest BCUT2D eigenvalue weighted by Crippen LogP contribution is -2.32. The van der Waals surface area contributed by atoms with E-state index in [1.54, 1.807) is 6.07 Å². The van der Waals surface area contributed by atoms with Gasteiger partial charge in [0.15, 0.2) is 11.3 Å². The molecule has 11 heteroatoms. The summed E-state index contributed by atoms with van der Waals surface area (Å²) in [6.07, 6.45) is -3.95. The number of carbonyl (C=O) groups is 2. The monoisotopic (exact) mass is 409 g/mol. The van der Waals surface area contributed by atoms with E-state index in [-0.39, 0.29) is 11.4 Å². The summed E-state index contributed by atoms with van der Waals surface area (Å²) in [7, 11) is 1.05. The molecule has 3 aromatic rings. The maximum absolute atomic E-state index is 13.7. The van der Waals surface area contributed by atoms with Crippen molar-refractivity contribution in [2.24, 2.45) is 0 Å². The van der Waals surface area contributed by atoms with E-state index in [9.17, 15) is 27.6 Å². The number of amides is 1. The highest BCUT2D eigenvalue weighted by molar-refractivity contribution is 5.90. The fourth-order valence-electron chi connectivity index (χ4n) is 2.62. The van der Waals surface area contributed by atoms with Crippen LogP contribution in [-0.2, 0) is 6.18 Å². The van der Waals surface area contributed by atoms with Crippen molar-refractivity contribution < 1.29 is 32.0 Å². The summed E-state index contributed by atoms with van der Waals surface area (Å²) in [5.74, 6) is -3.10. The van der Waals surface area contributed by atoms with Crippen molar-refractivity contribution >= 4 is 11.8 Å². The zero-order valence-electron chi connectivity index (χ0n) is 15.1. The molecule has 152 valence electrons. The fraction of sp³-hybridized carbons (Fsp3) is 0.167. The van der Waals surface area contributed by atoms with Crippen molar-refractivity contribution in [3.63, 3.8) is 0 Å². The van der Waals surface area contributed by atoms with Crippen LogP contribution in [0.3, 0.4) is 0 Å². The minimum Gasteiger partial charge on any atom is -0.459 e. The summed E-state index contributed by atoms with van der Waals surface area (Å²) in [5.41, 5.74) is -3.30. The lowest BCUT2D eigenvalue weighted by Gasteiger charge is -2.19. The molecule has 0 spiro atoms. The van der Waals surface area contributed by atoms with E-state index in [0.29, 0.717) is 14.4 Å². The van der Waals surface area contributed by atoms with Crippen LogP contribution in [0.1, 0.15) is 27.8 Å². The number of hydrogen-bond donors (Lipinski definition) is 0. The Morgan fingerprint density at radius 1 is 1.10 bits per heavy atom. The predicted octanol–water partition coefficient (Wildman–Crippen LogP) is 2.98. The molecule has 29 heavy (non-hydrogen) atoms. The number of halogens is 3. The third-order valence-electron chi connectivity index (χ3n) is 3.84. The average molecular weight is 409 g/mol. The first-order chi connectivity index (χ1) is 13.6. The maximum atomic E-state index is 13.7. The Morgan fingerprint density at radius 2 is 1.76 bits per heavy atom. The van der Waals surface area contributed by atoms with Crippen LogP contribution in [0.5, 0.6) is 5.88 Å². The predicted molar refractivity (Wildman–Crippen MR) is 92.8 cm³/mol. The Bertz CT molecular complexity index is 1100. The van der Waals surface area contributed by atoms with E-state index < -0.39 is 35.0 Å². The summed E-state index contributed by atoms with van der Waals surface area (Å²) in [4.78, 5) is 41.9. The van der Waals surface area contributed by atoms with Crippen molar-refractivity contribution in [2.75, 3.05) is 7.05 Å². The van der Waals surface area contributed by atoms with Gasteiger partial charge in [-0.15, -0.1) is 0 Å². The molecule has 3 rings (SSSR count). The molecule has 0 bridgehead atoms. The number of nitrogens with zero attached hydrogens (tertiary/aromatic N) is 3. The molecule has 0 radical (unpaired) electrons. The van der Waals surface area contributed by atoms with Crippen LogP contribution in [0.4, 0.5) is 13.2 Å². The zero-order valence-corrected chi connectivity index (χ0v) is 15.1. The molecule has 0 saturated heterocycles. The Labute approximate surface area is 161 Å². The second-order valence-corrected chi connectivity index (χ2v) is 5.83. The molecule has 0 fully saturated rings. The molecule has 8 nitrogen and oxygen atoms in total. The van der Waals surface area contributed by atoms with Crippen LogP contribution in [-0.4, -0.2) is 33.3 Å². The topological polar surface area (TPSA) is 86.7 Å². The number of para-hydroxylation sites is 1. The van der Waals surface area contributed by atoms with Crippen LogP contribution in [0.15, 0.2) is 57.9 Å². The Hall–Kier alpha value is -3.76. The van der Waals surface area contributed by atoms with Gasteiger partial charge in [0.05, 0.1) is 12.0 Å². The van der Waals surface area contributed by atoms with Crippen LogP contribution in [0.25, 0.3) is 5.69 Å². The number of aromatic nitrogens is 2. The molecule has 0 saturated carbocycles. The summed E-state index contributed by atoms with van der Waals surface area (Å²) in [5, 5.41) is 0.479. The van der Waals surface area contributed by atoms with Gasteiger partial charge in [0.2, 0.25) is 5.91 Å². The summed E-state index contributed by atoms with van der Waals surface area (Å²) in [6.45, 7) is 0.933. The number of hydroxylamine groups is 2. The molecule has 1 aromatic carbocycles. The van der Waals surface area contributed by atoms with Crippen LogP contribution in [0.2, 0.25) is 0 Å². The van der Waals surface area contributed by atoms with Crippen LogP contribution >= 0.6 is 0 Å². The highest BCUT2D eigenvalue weighted by Crippen LogP contribution is 2.36. The average Bonchev–Trinajstić information content (AvgIpc) is 3.27. The molecule has 0 aliphatic rings. The number of furan rings is 1. The van der Waals surface area contributed by atoms with Gasteiger partial charge in [-0.25, -0.2) is 4.68 Å². The molecule has 0 unspecified atom stereocenters. The second kappa shape index (κ2) is 7.34. The quantitative estimate of drug-likeness (QED) is 0.619. The van der Waals surface area contributed by atoms with Gasteiger partial charge < -0.3 is 9.25 Å². The molecular weight excluding hydrogens is 395 g/mol. The number of alkyl halides is 3. The van der Waals surface area contributed by atoms with Gasteiger partial charge >= 0.3 is 12.1 Å². The smallest absolute Gasteiger partial charge is 0.427 e. The fourth-order valence-corrected chi connectivity index (χ4v) is 2.62. The lowest BCUT2D eigenvalue weighted by molar-refractivity contribution is -0.142. The lowest BCUT2D eigenvalue weighted by atomic mass is 10.3. The van der Waals surface area contributed by atoms with Crippen molar-refractivity contribution in [1.29, 1.82) is 0 Å². The first-order valence-corrected chi connectivity index (χ1v) is 8.14. The molecule has 0 N–H and O–H groups in total. The van der Waals surface area contributed by atoms with Crippen LogP contribution in [0, 0.1) is 0 Å². The van der Waals surface area contributed by atoms with Crippen molar-refractivity contribution in [1.82, 2.24) is 14.4 Å². The summed E-state index contributed by atoms with van der Waals surface area (Å²) < 4.78 is 46.9. The van der Waals surface area contributed by atoms with E-state index >= 15 is 0 Å².